The standard InChI is InChI=1S/C13H15N3O2S/c17-13(18)10-1-2-11-12(7-10)16(15-14-11)8-9-3-5-19-6-4-9/h1-2,7,9H,3-6,8H2,(H,17,18). The summed E-state index contributed by atoms with van der Waals surface area (Å²) in [6, 6.07) is 4.95. The summed E-state index contributed by atoms with van der Waals surface area (Å²) in [7, 11) is 0. The van der Waals surface area contributed by atoms with E-state index in [1.807, 2.05) is 16.4 Å². The van der Waals surface area contributed by atoms with Crippen molar-refractivity contribution in [3.05, 3.63) is 23.8 Å². The Hall–Kier alpha value is -1.56. The van der Waals surface area contributed by atoms with E-state index >= 15 is 0 Å². The average molecular weight is 277 g/mol. The molecule has 100 valence electrons. The second kappa shape index (κ2) is 5.21. The quantitative estimate of drug-likeness (QED) is 0.932. The van der Waals surface area contributed by atoms with Gasteiger partial charge in [0.1, 0.15) is 5.52 Å². The number of thioether (sulfide) groups is 1. The zero-order valence-electron chi connectivity index (χ0n) is 10.5. The van der Waals surface area contributed by atoms with Crippen molar-refractivity contribution in [3.8, 4) is 0 Å². The first kappa shape index (κ1) is 12.5. The van der Waals surface area contributed by atoms with E-state index in [-0.39, 0.29) is 5.56 Å². The third kappa shape index (κ3) is 2.58. The highest BCUT2D eigenvalue weighted by Gasteiger charge is 2.17. The molecule has 1 aromatic carbocycles. The molecule has 0 radical (unpaired) electrons. The molecule has 0 spiro atoms. The molecule has 5 nitrogen and oxygen atoms in total. The van der Waals surface area contributed by atoms with Crippen LogP contribution in [0.15, 0.2) is 18.2 Å². The summed E-state index contributed by atoms with van der Waals surface area (Å²) in [5.74, 6) is 2.12. The van der Waals surface area contributed by atoms with Crippen LogP contribution >= 0.6 is 11.8 Å². The molecular formula is C13H15N3O2S. The van der Waals surface area contributed by atoms with Crippen LogP contribution in [0.1, 0.15) is 23.2 Å². The molecule has 1 aromatic heterocycles. The maximum atomic E-state index is 11.0. The minimum absolute atomic E-state index is 0.287. The number of nitrogens with zero attached hydrogens (tertiary/aromatic N) is 3. The van der Waals surface area contributed by atoms with Gasteiger partial charge in [0.05, 0.1) is 11.1 Å². The molecular weight excluding hydrogens is 262 g/mol. The van der Waals surface area contributed by atoms with Crippen LogP contribution in [0.4, 0.5) is 0 Å². The van der Waals surface area contributed by atoms with Crippen LogP contribution in [-0.2, 0) is 6.54 Å². The van der Waals surface area contributed by atoms with Crippen LogP contribution in [0.3, 0.4) is 0 Å². The lowest BCUT2D eigenvalue weighted by atomic mass is 10.0. The van der Waals surface area contributed by atoms with Crippen LogP contribution in [-0.4, -0.2) is 37.6 Å². The summed E-state index contributed by atoms with van der Waals surface area (Å²) < 4.78 is 1.85. The highest BCUT2D eigenvalue weighted by Crippen LogP contribution is 2.25. The average Bonchev–Trinajstić information content (AvgIpc) is 2.82. The zero-order chi connectivity index (χ0) is 13.2. The van der Waals surface area contributed by atoms with Gasteiger partial charge in [0.2, 0.25) is 0 Å². The monoisotopic (exact) mass is 277 g/mol. The van der Waals surface area contributed by atoms with Gasteiger partial charge in [0.15, 0.2) is 0 Å². The summed E-state index contributed by atoms with van der Waals surface area (Å²) in [5.41, 5.74) is 1.86. The molecule has 2 aromatic rings. The number of aromatic nitrogens is 3. The molecule has 19 heavy (non-hydrogen) atoms. The molecule has 0 amide bonds. The third-order valence-corrected chi connectivity index (χ3v) is 4.58. The van der Waals surface area contributed by atoms with Crippen LogP contribution < -0.4 is 0 Å². The van der Waals surface area contributed by atoms with Crippen molar-refractivity contribution < 1.29 is 9.90 Å². The second-order valence-corrected chi connectivity index (χ2v) is 6.06. The van der Waals surface area contributed by atoms with Crippen LogP contribution in [0.2, 0.25) is 0 Å². The summed E-state index contributed by atoms with van der Waals surface area (Å²) in [5, 5.41) is 17.3. The number of carboxylic acids is 1. The molecule has 0 unspecified atom stereocenters. The molecule has 0 bridgehead atoms. The predicted molar refractivity (Wildman–Crippen MR) is 74.5 cm³/mol. The zero-order valence-corrected chi connectivity index (χ0v) is 11.3. The fourth-order valence-electron chi connectivity index (χ4n) is 2.41. The number of hydrogen-bond donors (Lipinski definition) is 1. The van der Waals surface area contributed by atoms with Gasteiger partial charge in [-0.2, -0.15) is 11.8 Å². The maximum absolute atomic E-state index is 11.0. The highest BCUT2D eigenvalue weighted by atomic mass is 32.2. The molecule has 1 aliphatic rings. The van der Waals surface area contributed by atoms with E-state index in [0.717, 1.165) is 17.6 Å². The Morgan fingerprint density at radius 3 is 2.95 bits per heavy atom. The van der Waals surface area contributed by atoms with Crippen LogP contribution in [0, 0.1) is 5.92 Å². The van der Waals surface area contributed by atoms with Crippen LogP contribution in [0.5, 0.6) is 0 Å². The molecule has 6 heteroatoms. The Bertz CT molecular complexity index is 605. The molecule has 1 fully saturated rings. The van der Waals surface area contributed by atoms with Gasteiger partial charge in [-0.15, -0.1) is 5.10 Å². The van der Waals surface area contributed by atoms with Crippen LogP contribution in [0.25, 0.3) is 11.0 Å². The number of fused-ring (bicyclic) bond motifs is 1. The topological polar surface area (TPSA) is 68.0 Å². The van der Waals surface area contributed by atoms with Crippen molar-refractivity contribution in [1.82, 2.24) is 15.0 Å². The van der Waals surface area contributed by atoms with E-state index in [2.05, 4.69) is 10.3 Å². The SMILES string of the molecule is O=C(O)c1ccc2nnn(CC3CCSCC3)c2c1. The predicted octanol–water partition coefficient (Wildman–Crippen LogP) is 2.27. The molecule has 0 saturated carbocycles. The Kier molecular flexibility index (Phi) is 3.42. The van der Waals surface area contributed by atoms with Gasteiger partial charge >= 0.3 is 5.97 Å². The van der Waals surface area contributed by atoms with Crippen molar-refractivity contribution in [3.63, 3.8) is 0 Å². The van der Waals surface area contributed by atoms with Gasteiger partial charge in [-0.25, -0.2) is 9.48 Å². The highest BCUT2D eigenvalue weighted by molar-refractivity contribution is 7.99. The first-order chi connectivity index (χ1) is 9.24. The van der Waals surface area contributed by atoms with Crippen molar-refractivity contribution >= 4 is 28.8 Å². The molecule has 1 saturated heterocycles. The lowest BCUT2D eigenvalue weighted by Gasteiger charge is -2.21. The summed E-state index contributed by atoms with van der Waals surface area (Å²) in [6.45, 7) is 0.833. The number of carbonyl (C=O) groups is 1. The van der Waals surface area contributed by atoms with Crippen molar-refractivity contribution in [2.45, 2.75) is 19.4 Å². The van der Waals surface area contributed by atoms with Gasteiger partial charge in [-0.3, -0.25) is 0 Å². The molecule has 1 N–H and O–H groups in total. The lowest BCUT2D eigenvalue weighted by molar-refractivity contribution is 0.0697. The first-order valence-corrected chi connectivity index (χ1v) is 7.54. The van der Waals surface area contributed by atoms with E-state index in [9.17, 15) is 4.79 Å². The molecule has 0 aliphatic carbocycles. The largest absolute Gasteiger partial charge is 0.478 e. The second-order valence-electron chi connectivity index (χ2n) is 4.84. The minimum Gasteiger partial charge on any atom is -0.478 e. The van der Waals surface area contributed by atoms with Crippen molar-refractivity contribution in [2.75, 3.05) is 11.5 Å². The van der Waals surface area contributed by atoms with Crippen molar-refractivity contribution in [1.29, 1.82) is 0 Å². The Morgan fingerprint density at radius 1 is 1.42 bits per heavy atom. The van der Waals surface area contributed by atoms with Gasteiger partial charge in [-0.1, -0.05) is 5.21 Å². The van der Waals surface area contributed by atoms with E-state index in [1.54, 1.807) is 18.2 Å². The minimum atomic E-state index is -0.913. The summed E-state index contributed by atoms with van der Waals surface area (Å²) in [6.07, 6.45) is 2.40. The maximum Gasteiger partial charge on any atom is 0.335 e. The smallest absolute Gasteiger partial charge is 0.335 e. The van der Waals surface area contributed by atoms with Gasteiger partial charge in [-0.05, 0) is 48.5 Å². The Balaban J connectivity index is 1.89. The number of carboxylic acid groups (broad SMARTS) is 1. The molecule has 1 aliphatic heterocycles. The number of aromatic carboxylic acids is 1. The van der Waals surface area contributed by atoms with Gasteiger partial charge < -0.3 is 5.11 Å². The number of hydrogen-bond acceptors (Lipinski definition) is 4. The van der Waals surface area contributed by atoms with E-state index in [1.165, 1.54) is 24.3 Å². The molecule has 2 heterocycles. The Labute approximate surface area is 115 Å². The first-order valence-electron chi connectivity index (χ1n) is 6.38. The fraction of sp³-hybridized carbons (Fsp3) is 0.462. The summed E-state index contributed by atoms with van der Waals surface area (Å²) in [4.78, 5) is 11.0. The van der Waals surface area contributed by atoms with Gasteiger partial charge in [0, 0.05) is 6.54 Å². The Morgan fingerprint density at radius 2 is 2.21 bits per heavy atom. The lowest BCUT2D eigenvalue weighted by Crippen LogP contribution is -2.17. The van der Waals surface area contributed by atoms with Gasteiger partial charge in [0.25, 0.3) is 0 Å². The van der Waals surface area contributed by atoms with Crippen molar-refractivity contribution in [2.24, 2.45) is 5.92 Å². The summed E-state index contributed by atoms with van der Waals surface area (Å²) >= 11 is 2.00. The molecule has 3 rings (SSSR count). The number of benzene rings is 1. The normalized spacial score (nSPS) is 16.8. The van der Waals surface area contributed by atoms with E-state index < -0.39 is 5.97 Å². The third-order valence-electron chi connectivity index (χ3n) is 3.53. The fourth-order valence-corrected chi connectivity index (χ4v) is 3.61. The van der Waals surface area contributed by atoms with E-state index in [0.29, 0.717) is 5.92 Å². The molecule has 0 atom stereocenters. The van der Waals surface area contributed by atoms with E-state index in [4.69, 9.17) is 5.11 Å². The number of rotatable bonds is 3.